The largest absolute Gasteiger partial charge is 0.309 e. The fourth-order valence-corrected chi connectivity index (χ4v) is 10.7. The first-order valence-corrected chi connectivity index (χ1v) is 19.4. The molecule has 0 saturated heterocycles. The zero-order valence-electron chi connectivity index (χ0n) is 28.2. The molecule has 12 rings (SSSR count). The van der Waals surface area contributed by atoms with Gasteiger partial charge in [0.2, 0.25) is 0 Å². The summed E-state index contributed by atoms with van der Waals surface area (Å²) in [5.41, 5.74) is 10.2. The number of fused-ring (bicyclic) bond motifs is 12. The van der Waals surface area contributed by atoms with Crippen LogP contribution in [0.2, 0.25) is 0 Å². The number of nitrogens with zero attached hydrogens (tertiary/aromatic N) is 3. The van der Waals surface area contributed by atoms with E-state index in [-0.39, 0.29) is 0 Å². The fourth-order valence-electron chi connectivity index (χ4n) is 8.38. The smallest absolute Gasteiger partial charge is 0.0972 e. The molecule has 53 heavy (non-hydrogen) atoms. The molecule has 0 spiro atoms. The van der Waals surface area contributed by atoms with Crippen molar-refractivity contribution in [3.63, 3.8) is 0 Å². The minimum Gasteiger partial charge on any atom is -0.309 e. The van der Waals surface area contributed by atoms with Crippen molar-refractivity contribution in [1.82, 2.24) is 14.5 Å². The summed E-state index contributed by atoms with van der Waals surface area (Å²) < 4.78 is 7.58. The highest BCUT2D eigenvalue weighted by molar-refractivity contribution is 7.26. The molecule has 5 heteroatoms. The molecule has 0 saturated carbocycles. The molecule has 0 aliphatic heterocycles. The Labute approximate surface area is 311 Å². The Bertz CT molecular complexity index is 3420. The average molecular weight is 710 g/mol. The quantitative estimate of drug-likeness (QED) is 0.171. The monoisotopic (exact) mass is 709 g/mol. The van der Waals surface area contributed by atoms with E-state index in [0.29, 0.717) is 0 Å². The molecule has 5 heterocycles. The van der Waals surface area contributed by atoms with Crippen LogP contribution in [-0.4, -0.2) is 14.5 Å². The summed E-state index contributed by atoms with van der Waals surface area (Å²) >= 11 is 3.73. The lowest BCUT2D eigenvalue weighted by Gasteiger charge is -2.09. The third kappa shape index (κ3) is 4.32. The predicted molar refractivity (Wildman–Crippen MR) is 228 cm³/mol. The molecule has 246 valence electrons. The summed E-state index contributed by atoms with van der Waals surface area (Å²) in [6.07, 6.45) is 1.85. The molecule has 0 radical (unpaired) electrons. The van der Waals surface area contributed by atoms with Gasteiger partial charge in [0.1, 0.15) is 0 Å². The summed E-state index contributed by atoms with van der Waals surface area (Å²) in [6.45, 7) is 0. The normalized spacial score (nSPS) is 12.2. The molecule has 0 fully saturated rings. The molecule has 0 aliphatic carbocycles. The van der Waals surface area contributed by atoms with Gasteiger partial charge in [-0.2, -0.15) is 0 Å². The van der Waals surface area contributed by atoms with Crippen LogP contribution in [0.4, 0.5) is 0 Å². The second-order valence-electron chi connectivity index (χ2n) is 13.8. The van der Waals surface area contributed by atoms with Crippen molar-refractivity contribution in [1.29, 1.82) is 0 Å². The van der Waals surface area contributed by atoms with E-state index in [0.717, 1.165) is 33.1 Å². The van der Waals surface area contributed by atoms with E-state index in [2.05, 4.69) is 161 Å². The summed E-state index contributed by atoms with van der Waals surface area (Å²) in [6, 6.07) is 57.6. The predicted octanol–water partition coefficient (Wildman–Crippen LogP) is 13.9. The Hall–Kier alpha value is -6.40. The van der Waals surface area contributed by atoms with Gasteiger partial charge in [-0.25, -0.2) is 4.98 Å². The fraction of sp³-hybridized carbons (Fsp3) is 0. The summed E-state index contributed by atoms with van der Waals surface area (Å²) in [7, 11) is 0. The highest BCUT2D eigenvalue weighted by Crippen LogP contribution is 2.44. The van der Waals surface area contributed by atoms with Crippen LogP contribution >= 0.6 is 22.7 Å². The Morgan fingerprint density at radius 1 is 0.434 bits per heavy atom. The van der Waals surface area contributed by atoms with Crippen molar-refractivity contribution >= 4 is 107 Å². The first kappa shape index (κ1) is 29.2. The topological polar surface area (TPSA) is 30.7 Å². The number of benzene rings is 7. The van der Waals surface area contributed by atoms with E-state index in [1.54, 1.807) is 0 Å². The minimum atomic E-state index is 0.944. The Balaban J connectivity index is 0.972. The van der Waals surface area contributed by atoms with Gasteiger partial charge in [0, 0.05) is 79.3 Å². The molecule has 12 aromatic rings. The summed E-state index contributed by atoms with van der Waals surface area (Å²) in [4.78, 5) is 9.79. The molecule has 5 aromatic heterocycles. The van der Waals surface area contributed by atoms with Crippen molar-refractivity contribution in [3.8, 4) is 28.1 Å². The van der Waals surface area contributed by atoms with Crippen molar-refractivity contribution < 1.29 is 0 Å². The maximum Gasteiger partial charge on any atom is 0.0972 e. The van der Waals surface area contributed by atoms with Crippen LogP contribution in [0.5, 0.6) is 0 Å². The number of pyridine rings is 2. The van der Waals surface area contributed by atoms with E-state index in [1.807, 2.05) is 34.9 Å². The summed E-state index contributed by atoms with van der Waals surface area (Å²) in [5.74, 6) is 0. The molecule has 3 nitrogen and oxygen atoms in total. The van der Waals surface area contributed by atoms with E-state index < -0.39 is 0 Å². The van der Waals surface area contributed by atoms with Crippen LogP contribution in [0.25, 0.3) is 112 Å². The van der Waals surface area contributed by atoms with Gasteiger partial charge in [0.25, 0.3) is 0 Å². The molecular weight excluding hydrogens is 683 g/mol. The van der Waals surface area contributed by atoms with Gasteiger partial charge in [0.05, 0.1) is 27.8 Å². The van der Waals surface area contributed by atoms with Gasteiger partial charge >= 0.3 is 0 Å². The van der Waals surface area contributed by atoms with Gasteiger partial charge in [-0.05, 0) is 71.8 Å². The zero-order chi connectivity index (χ0) is 34.6. The van der Waals surface area contributed by atoms with Crippen LogP contribution in [-0.2, 0) is 0 Å². The molecule has 0 bridgehead atoms. The number of aromatic nitrogens is 3. The number of hydrogen-bond acceptors (Lipinski definition) is 4. The molecule has 0 unspecified atom stereocenters. The van der Waals surface area contributed by atoms with Gasteiger partial charge < -0.3 is 4.57 Å². The van der Waals surface area contributed by atoms with Crippen molar-refractivity contribution in [2.75, 3.05) is 0 Å². The number of thiophene rings is 2. The van der Waals surface area contributed by atoms with E-state index in [9.17, 15) is 0 Å². The molecule has 0 N–H and O–H groups in total. The van der Waals surface area contributed by atoms with Gasteiger partial charge in [-0.1, -0.05) is 97.1 Å². The molecule has 0 amide bonds. The van der Waals surface area contributed by atoms with E-state index >= 15 is 0 Å². The summed E-state index contributed by atoms with van der Waals surface area (Å²) in [5, 5.41) is 9.98. The minimum absolute atomic E-state index is 0.944. The Morgan fingerprint density at radius 3 is 2.04 bits per heavy atom. The third-order valence-electron chi connectivity index (χ3n) is 10.8. The third-order valence-corrected chi connectivity index (χ3v) is 13.1. The Morgan fingerprint density at radius 2 is 1.17 bits per heavy atom. The highest BCUT2D eigenvalue weighted by atomic mass is 32.1. The maximum absolute atomic E-state index is 5.13. The van der Waals surface area contributed by atoms with E-state index in [1.165, 1.54) is 79.0 Å². The van der Waals surface area contributed by atoms with Crippen molar-refractivity contribution in [2.24, 2.45) is 0 Å². The SMILES string of the molecule is c1cnc2c(c1)ccc1ccc(-c3ccc4c(c3)sc3ccc(-c5cccc6sc7cc(-n8c9ccccc9c9ccccc98)ccc7c56)cc34)nc12. The van der Waals surface area contributed by atoms with Crippen molar-refractivity contribution in [3.05, 3.63) is 164 Å². The van der Waals surface area contributed by atoms with Crippen LogP contribution in [0.15, 0.2) is 164 Å². The molecular formula is C48H27N3S2. The average Bonchev–Trinajstić information content (AvgIpc) is 3.89. The number of para-hydroxylation sites is 2. The second kappa shape index (κ2) is 11.1. The second-order valence-corrected chi connectivity index (χ2v) is 15.9. The standard InChI is InChI=1S/C48H27N3S2/c1-3-11-40-34(8-1)35-9-2-4-12-41(35)51(40)32-19-21-37-45(27-32)53-43-13-5-10-33(46(37)43)30-18-23-42-38(25-30)36-20-16-31(26-44(36)52-42)39-22-17-29-15-14-28-7-6-24-49-47(28)48(29)50-39/h1-27H. The Kier molecular flexibility index (Phi) is 6.09. The zero-order valence-corrected chi connectivity index (χ0v) is 29.9. The highest BCUT2D eigenvalue weighted by Gasteiger charge is 2.17. The first-order valence-electron chi connectivity index (χ1n) is 17.8. The van der Waals surface area contributed by atoms with Crippen LogP contribution in [0.3, 0.4) is 0 Å². The molecule has 0 aliphatic rings. The lowest BCUT2D eigenvalue weighted by molar-refractivity contribution is 1.19. The van der Waals surface area contributed by atoms with Crippen molar-refractivity contribution in [2.45, 2.75) is 0 Å². The number of rotatable bonds is 3. The van der Waals surface area contributed by atoms with Crippen LogP contribution < -0.4 is 0 Å². The molecule has 0 atom stereocenters. The van der Waals surface area contributed by atoms with E-state index in [4.69, 9.17) is 4.98 Å². The number of hydrogen-bond donors (Lipinski definition) is 0. The molecule has 7 aromatic carbocycles. The lowest BCUT2D eigenvalue weighted by Crippen LogP contribution is -1.92. The van der Waals surface area contributed by atoms with Gasteiger partial charge in [0.15, 0.2) is 0 Å². The van der Waals surface area contributed by atoms with Gasteiger partial charge in [-0.3, -0.25) is 4.98 Å². The van der Waals surface area contributed by atoms with Gasteiger partial charge in [-0.15, -0.1) is 22.7 Å². The van der Waals surface area contributed by atoms with Crippen LogP contribution in [0.1, 0.15) is 0 Å². The van der Waals surface area contributed by atoms with Crippen LogP contribution in [0, 0.1) is 0 Å². The first-order chi connectivity index (χ1) is 26.2. The lowest BCUT2D eigenvalue weighted by atomic mass is 9.97. The maximum atomic E-state index is 5.13.